The van der Waals surface area contributed by atoms with E-state index in [-0.39, 0.29) is 23.7 Å². The Kier molecular flexibility index (Phi) is 5.01. The number of benzene rings is 3. The molecule has 35 heavy (non-hydrogen) atoms. The Bertz CT molecular complexity index is 1330. The van der Waals surface area contributed by atoms with Crippen molar-refractivity contribution in [2.45, 2.75) is 24.1 Å². The Morgan fingerprint density at radius 2 is 1.49 bits per heavy atom. The lowest BCUT2D eigenvalue weighted by Crippen LogP contribution is -2.50. The van der Waals surface area contributed by atoms with Gasteiger partial charge in [0.1, 0.15) is 0 Å². The third-order valence-corrected chi connectivity index (χ3v) is 8.77. The van der Waals surface area contributed by atoms with Crippen molar-refractivity contribution in [2.75, 3.05) is 11.5 Å². The molecule has 2 atom stereocenters. The number of hydrogen-bond acceptors (Lipinski definition) is 4. The van der Waals surface area contributed by atoms with Crippen LogP contribution in [0, 0.1) is 17.8 Å². The van der Waals surface area contributed by atoms with Crippen molar-refractivity contribution < 1.29 is 19.1 Å². The number of hydrogen-bond donors (Lipinski definition) is 0. The summed E-state index contributed by atoms with van der Waals surface area (Å²) in [5.74, 6) is -1.83. The second-order valence-corrected chi connectivity index (χ2v) is 11.2. The van der Waals surface area contributed by atoms with Gasteiger partial charge >= 0.3 is 5.97 Å². The molecular formula is C29H24BrNO4. The molecule has 5 nitrogen and oxygen atoms in total. The highest BCUT2D eigenvalue weighted by Crippen LogP contribution is 2.66. The van der Waals surface area contributed by atoms with Gasteiger partial charge in [0.25, 0.3) is 0 Å². The van der Waals surface area contributed by atoms with E-state index in [0.717, 1.165) is 22.3 Å². The molecule has 0 N–H and O–H groups in total. The number of imide groups is 1. The second kappa shape index (κ2) is 7.89. The van der Waals surface area contributed by atoms with E-state index in [0.29, 0.717) is 17.9 Å². The van der Waals surface area contributed by atoms with Gasteiger partial charge in [-0.1, -0.05) is 78.3 Å². The van der Waals surface area contributed by atoms with Crippen molar-refractivity contribution in [2.24, 2.45) is 17.8 Å². The average Bonchev–Trinajstić information content (AvgIpc) is 3.14. The minimum atomic E-state index is -0.776. The van der Waals surface area contributed by atoms with Gasteiger partial charge in [0.2, 0.25) is 11.8 Å². The molecule has 0 saturated carbocycles. The molecule has 7 rings (SSSR count). The lowest BCUT2D eigenvalue weighted by atomic mass is 9.55. The standard InChI is InChI=1S/C29H24BrNO4/c1-16(2)15-35-28(34)17-11-13-18(14-12-17)31-26(32)24-23-19-7-3-5-9-21(19)29(30,25(24)27(31)33)22-10-6-4-8-20(22)23/h3-14,16,23-25H,15H2,1-2H3/t23?,24-,25+,29?/m0/s1. The van der Waals surface area contributed by atoms with Crippen molar-refractivity contribution in [3.63, 3.8) is 0 Å². The summed E-state index contributed by atoms with van der Waals surface area (Å²) in [7, 11) is 0. The maximum Gasteiger partial charge on any atom is 0.338 e. The van der Waals surface area contributed by atoms with Gasteiger partial charge in [-0.3, -0.25) is 9.59 Å². The number of rotatable bonds is 4. The first kappa shape index (κ1) is 22.2. The summed E-state index contributed by atoms with van der Waals surface area (Å²) in [6.07, 6.45) is 0. The minimum absolute atomic E-state index is 0.182. The Morgan fingerprint density at radius 1 is 0.914 bits per heavy atom. The van der Waals surface area contributed by atoms with Gasteiger partial charge < -0.3 is 4.74 Å². The van der Waals surface area contributed by atoms with Crippen LogP contribution in [-0.2, 0) is 18.7 Å². The molecule has 176 valence electrons. The maximum atomic E-state index is 13.9. The van der Waals surface area contributed by atoms with Crippen LogP contribution in [0.25, 0.3) is 0 Å². The summed E-state index contributed by atoms with van der Waals surface area (Å²) in [4.78, 5) is 41.5. The van der Waals surface area contributed by atoms with Crippen LogP contribution >= 0.6 is 15.9 Å². The van der Waals surface area contributed by atoms with E-state index in [1.54, 1.807) is 24.3 Å². The van der Waals surface area contributed by atoms with Crippen LogP contribution < -0.4 is 4.90 Å². The summed E-state index contributed by atoms with van der Waals surface area (Å²) < 4.78 is 4.53. The number of alkyl halides is 1. The van der Waals surface area contributed by atoms with Crippen LogP contribution in [0.3, 0.4) is 0 Å². The summed E-state index contributed by atoms with van der Waals surface area (Å²) in [6.45, 7) is 4.28. The molecule has 3 aromatic carbocycles. The summed E-state index contributed by atoms with van der Waals surface area (Å²) >= 11 is 4.00. The molecule has 1 aliphatic heterocycles. The Hall–Kier alpha value is -3.25. The fourth-order valence-electron chi connectivity index (χ4n) is 6.01. The number of ether oxygens (including phenoxy) is 1. The topological polar surface area (TPSA) is 63.7 Å². The first-order valence-corrected chi connectivity index (χ1v) is 12.7. The molecule has 6 heteroatoms. The van der Waals surface area contributed by atoms with Gasteiger partial charge in [-0.05, 0) is 52.4 Å². The predicted octanol–water partition coefficient (Wildman–Crippen LogP) is 5.40. The van der Waals surface area contributed by atoms with Crippen molar-refractivity contribution in [3.05, 3.63) is 101 Å². The van der Waals surface area contributed by atoms with Gasteiger partial charge in [-0.15, -0.1) is 0 Å². The summed E-state index contributed by atoms with van der Waals surface area (Å²) in [5.41, 5.74) is 5.15. The quantitative estimate of drug-likeness (QED) is 0.258. The van der Waals surface area contributed by atoms with Crippen LogP contribution in [0.1, 0.15) is 52.4 Å². The molecule has 0 aromatic heterocycles. The van der Waals surface area contributed by atoms with E-state index < -0.39 is 22.1 Å². The number of esters is 1. The highest BCUT2D eigenvalue weighted by Gasteiger charge is 2.67. The zero-order valence-electron chi connectivity index (χ0n) is 19.4. The zero-order valence-corrected chi connectivity index (χ0v) is 21.0. The second-order valence-electron chi connectivity index (χ2n) is 9.92. The molecule has 2 amide bonds. The van der Waals surface area contributed by atoms with Crippen molar-refractivity contribution >= 4 is 39.4 Å². The zero-order chi connectivity index (χ0) is 24.5. The maximum absolute atomic E-state index is 13.9. The third-order valence-electron chi connectivity index (χ3n) is 7.42. The van der Waals surface area contributed by atoms with Crippen LogP contribution in [0.4, 0.5) is 5.69 Å². The Morgan fingerprint density at radius 3 is 2.06 bits per heavy atom. The van der Waals surface area contributed by atoms with Crippen molar-refractivity contribution in [3.8, 4) is 0 Å². The SMILES string of the molecule is CC(C)COC(=O)c1ccc(N2C(=O)[C@H]3C4c5ccccc5C(Br)(c5ccccc54)[C@H]3C2=O)cc1. The van der Waals surface area contributed by atoms with Gasteiger partial charge in [-0.25, -0.2) is 9.69 Å². The van der Waals surface area contributed by atoms with Crippen LogP contribution in [0.2, 0.25) is 0 Å². The van der Waals surface area contributed by atoms with Crippen LogP contribution in [-0.4, -0.2) is 24.4 Å². The van der Waals surface area contributed by atoms with Gasteiger partial charge in [0, 0.05) is 5.92 Å². The van der Waals surface area contributed by atoms with Gasteiger partial charge in [0.15, 0.2) is 0 Å². The van der Waals surface area contributed by atoms with Crippen molar-refractivity contribution in [1.29, 1.82) is 0 Å². The Labute approximate surface area is 212 Å². The molecule has 1 heterocycles. The fraction of sp³-hybridized carbons (Fsp3) is 0.276. The van der Waals surface area contributed by atoms with E-state index >= 15 is 0 Å². The highest BCUT2D eigenvalue weighted by molar-refractivity contribution is 9.09. The first-order valence-electron chi connectivity index (χ1n) is 11.9. The average molecular weight is 530 g/mol. The molecule has 0 unspecified atom stereocenters. The van der Waals surface area contributed by atoms with Gasteiger partial charge in [-0.2, -0.15) is 0 Å². The normalized spacial score (nSPS) is 25.9. The molecule has 3 aliphatic carbocycles. The fourth-order valence-corrected chi connectivity index (χ4v) is 7.21. The Balaban J connectivity index is 1.40. The lowest BCUT2D eigenvalue weighted by Gasteiger charge is -2.51. The van der Waals surface area contributed by atoms with E-state index in [9.17, 15) is 14.4 Å². The first-order chi connectivity index (χ1) is 16.8. The predicted molar refractivity (Wildman–Crippen MR) is 135 cm³/mol. The van der Waals surface area contributed by atoms with Crippen molar-refractivity contribution in [1.82, 2.24) is 0 Å². The lowest BCUT2D eigenvalue weighted by molar-refractivity contribution is -0.122. The molecule has 2 bridgehead atoms. The largest absolute Gasteiger partial charge is 0.462 e. The number of anilines is 1. The number of nitrogens with zero attached hydrogens (tertiary/aromatic N) is 1. The summed E-state index contributed by atoms with van der Waals surface area (Å²) in [6, 6.07) is 22.7. The number of carbonyl (C=O) groups excluding carboxylic acids is 3. The molecule has 3 aromatic rings. The van der Waals surface area contributed by atoms with Crippen LogP contribution in [0.15, 0.2) is 72.8 Å². The molecule has 1 fully saturated rings. The highest BCUT2D eigenvalue weighted by atomic mass is 79.9. The number of amides is 2. The third kappa shape index (κ3) is 3.02. The van der Waals surface area contributed by atoms with E-state index in [1.165, 1.54) is 4.90 Å². The molecule has 4 aliphatic rings. The molecule has 1 saturated heterocycles. The monoisotopic (exact) mass is 529 g/mol. The van der Waals surface area contributed by atoms with E-state index in [1.807, 2.05) is 38.1 Å². The molecule has 0 spiro atoms. The smallest absolute Gasteiger partial charge is 0.338 e. The number of carbonyl (C=O) groups is 3. The molecular weight excluding hydrogens is 506 g/mol. The summed E-state index contributed by atoms with van der Waals surface area (Å²) in [5, 5.41) is 0. The van der Waals surface area contributed by atoms with E-state index in [4.69, 9.17) is 4.74 Å². The minimum Gasteiger partial charge on any atom is -0.462 e. The number of halogens is 1. The molecule has 0 radical (unpaired) electrons. The van der Waals surface area contributed by atoms with Crippen LogP contribution in [0.5, 0.6) is 0 Å². The van der Waals surface area contributed by atoms with E-state index in [2.05, 4.69) is 40.2 Å². The van der Waals surface area contributed by atoms with Gasteiger partial charge in [0.05, 0.1) is 34.0 Å².